The molecule has 1 aromatic rings. The molecule has 9 heteroatoms. The highest BCUT2D eigenvalue weighted by Gasteiger charge is 2.27. The van der Waals surface area contributed by atoms with Gasteiger partial charge in [0, 0.05) is 39.3 Å². The van der Waals surface area contributed by atoms with Gasteiger partial charge in [-0.15, -0.1) is 0 Å². The first-order valence-electron chi connectivity index (χ1n) is 9.37. The van der Waals surface area contributed by atoms with Crippen LogP contribution in [0.25, 0.3) is 0 Å². The number of likely N-dealkylation sites (tertiary alicyclic amines) is 1. The minimum Gasteiger partial charge on any atom is -0.368 e. The van der Waals surface area contributed by atoms with Crippen LogP contribution in [0.1, 0.15) is 26.1 Å². The molecule has 144 valence electrons. The van der Waals surface area contributed by atoms with Gasteiger partial charge in [-0.05, 0) is 18.3 Å². The fourth-order valence-electron chi connectivity index (χ4n) is 3.99. The van der Waals surface area contributed by atoms with E-state index in [4.69, 9.17) is 11.5 Å². The lowest BCUT2D eigenvalue weighted by Crippen LogP contribution is -2.51. The molecule has 2 atom stereocenters. The van der Waals surface area contributed by atoms with E-state index in [9.17, 15) is 4.79 Å². The molecule has 0 saturated carbocycles. The van der Waals surface area contributed by atoms with E-state index < -0.39 is 0 Å². The number of hydrogen-bond acceptors (Lipinski definition) is 8. The standard InChI is InChI=1S/C17H30N8O/c1-12-7-13(2)9-25(8-12)15(26)11-24-5-3-23(4-6-24)10-14-20-16(18)22-17(19)21-14/h12-13H,3-11H2,1-2H3,(H4,18,19,20,21,22). The number of anilines is 2. The van der Waals surface area contributed by atoms with Crippen molar-refractivity contribution in [2.75, 3.05) is 57.3 Å². The Bertz CT molecular complexity index is 601. The Balaban J connectivity index is 1.45. The van der Waals surface area contributed by atoms with Gasteiger partial charge >= 0.3 is 0 Å². The number of aromatic nitrogens is 3. The Hall–Kier alpha value is -2.00. The normalized spacial score (nSPS) is 25.4. The summed E-state index contributed by atoms with van der Waals surface area (Å²) in [6.45, 7) is 10.8. The van der Waals surface area contributed by atoms with Crippen molar-refractivity contribution >= 4 is 17.8 Å². The van der Waals surface area contributed by atoms with Gasteiger partial charge in [-0.1, -0.05) is 13.8 Å². The van der Waals surface area contributed by atoms with E-state index in [1.807, 2.05) is 4.90 Å². The van der Waals surface area contributed by atoms with Crippen LogP contribution in [-0.2, 0) is 11.3 Å². The van der Waals surface area contributed by atoms with E-state index in [2.05, 4.69) is 38.6 Å². The predicted octanol–water partition coefficient (Wildman–Crippen LogP) is -0.342. The third kappa shape index (κ3) is 5.01. The number of carbonyl (C=O) groups excluding carboxylic acids is 1. The van der Waals surface area contributed by atoms with Gasteiger partial charge in [-0.25, -0.2) is 0 Å². The van der Waals surface area contributed by atoms with Crippen LogP contribution >= 0.6 is 0 Å². The van der Waals surface area contributed by atoms with E-state index in [1.54, 1.807) is 0 Å². The predicted molar refractivity (Wildman–Crippen MR) is 99.9 cm³/mol. The molecule has 0 bridgehead atoms. The van der Waals surface area contributed by atoms with Gasteiger partial charge in [0.1, 0.15) is 5.82 Å². The zero-order valence-corrected chi connectivity index (χ0v) is 15.8. The van der Waals surface area contributed by atoms with Crippen molar-refractivity contribution in [3.8, 4) is 0 Å². The lowest BCUT2D eigenvalue weighted by molar-refractivity contribution is -0.135. The first kappa shape index (κ1) is 18.8. The van der Waals surface area contributed by atoms with Crippen LogP contribution in [0.3, 0.4) is 0 Å². The molecule has 2 saturated heterocycles. The van der Waals surface area contributed by atoms with Gasteiger partial charge in [0.05, 0.1) is 13.1 Å². The summed E-state index contributed by atoms with van der Waals surface area (Å²) in [5, 5.41) is 0. The summed E-state index contributed by atoms with van der Waals surface area (Å²) in [7, 11) is 0. The molecule has 2 aliphatic rings. The van der Waals surface area contributed by atoms with Crippen molar-refractivity contribution in [2.45, 2.75) is 26.8 Å². The quantitative estimate of drug-likeness (QED) is 0.747. The monoisotopic (exact) mass is 362 g/mol. The number of nitrogens with two attached hydrogens (primary N) is 2. The fourth-order valence-corrected chi connectivity index (χ4v) is 3.99. The molecule has 4 N–H and O–H groups in total. The summed E-state index contributed by atoms with van der Waals surface area (Å²) in [4.78, 5) is 31.2. The van der Waals surface area contributed by atoms with E-state index in [0.717, 1.165) is 39.3 Å². The lowest BCUT2D eigenvalue weighted by Gasteiger charge is -2.38. The topological polar surface area (TPSA) is 118 Å². The SMILES string of the molecule is CC1CC(C)CN(C(=O)CN2CCN(Cc3nc(N)nc(N)n3)CC2)C1. The van der Waals surface area contributed by atoms with Crippen molar-refractivity contribution in [3.63, 3.8) is 0 Å². The number of rotatable bonds is 4. The Kier molecular flexibility index (Phi) is 5.87. The Morgan fingerprint density at radius 2 is 1.50 bits per heavy atom. The zero-order chi connectivity index (χ0) is 18.7. The summed E-state index contributed by atoms with van der Waals surface area (Å²) in [5.41, 5.74) is 11.2. The molecule has 0 spiro atoms. The highest BCUT2D eigenvalue weighted by atomic mass is 16.2. The summed E-state index contributed by atoms with van der Waals surface area (Å²) in [6.07, 6.45) is 1.22. The number of piperazine rings is 1. The maximum absolute atomic E-state index is 12.6. The fraction of sp³-hybridized carbons (Fsp3) is 0.765. The van der Waals surface area contributed by atoms with Crippen molar-refractivity contribution in [1.29, 1.82) is 0 Å². The molecule has 2 unspecified atom stereocenters. The average molecular weight is 362 g/mol. The molecule has 0 radical (unpaired) electrons. The molecular formula is C17H30N8O. The van der Waals surface area contributed by atoms with Crippen molar-refractivity contribution < 1.29 is 4.79 Å². The molecule has 1 amide bonds. The van der Waals surface area contributed by atoms with Gasteiger partial charge in [-0.3, -0.25) is 14.6 Å². The molecule has 2 fully saturated rings. The summed E-state index contributed by atoms with van der Waals surface area (Å²) in [6, 6.07) is 0. The second-order valence-corrected chi connectivity index (χ2v) is 7.77. The summed E-state index contributed by atoms with van der Waals surface area (Å²) in [5.74, 6) is 2.36. The molecule has 1 aromatic heterocycles. The average Bonchev–Trinajstić information content (AvgIpc) is 2.55. The highest BCUT2D eigenvalue weighted by molar-refractivity contribution is 5.78. The smallest absolute Gasteiger partial charge is 0.236 e. The van der Waals surface area contributed by atoms with E-state index >= 15 is 0 Å². The van der Waals surface area contributed by atoms with E-state index in [0.29, 0.717) is 30.7 Å². The largest absolute Gasteiger partial charge is 0.368 e. The van der Waals surface area contributed by atoms with Crippen LogP contribution in [-0.4, -0.2) is 81.4 Å². The minimum atomic E-state index is 0.154. The number of nitrogens with zero attached hydrogens (tertiary/aromatic N) is 6. The molecular weight excluding hydrogens is 332 g/mol. The van der Waals surface area contributed by atoms with Gasteiger partial charge in [0.25, 0.3) is 0 Å². The Morgan fingerprint density at radius 3 is 2.08 bits per heavy atom. The molecule has 3 rings (SSSR count). The van der Waals surface area contributed by atoms with Gasteiger partial charge in [0.2, 0.25) is 17.8 Å². The number of hydrogen-bond donors (Lipinski definition) is 2. The van der Waals surface area contributed by atoms with Gasteiger partial charge in [0.15, 0.2) is 0 Å². The van der Waals surface area contributed by atoms with Crippen LogP contribution < -0.4 is 11.5 Å². The number of nitrogen functional groups attached to an aromatic ring is 2. The van der Waals surface area contributed by atoms with Crippen LogP contribution in [0.4, 0.5) is 11.9 Å². The molecule has 0 aromatic carbocycles. The minimum absolute atomic E-state index is 0.154. The first-order valence-corrected chi connectivity index (χ1v) is 9.37. The second kappa shape index (κ2) is 8.13. The van der Waals surface area contributed by atoms with Crippen LogP contribution in [0.15, 0.2) is 0 Å². The second-order valence-electron chi connectivity index (χ2n) is 7.77. The zero-order valence-electron chi connectivity index (χ0n) is 15.8. The van der Waals surface area contributed by atoms with Crippen LogP contribution in [0.5, 0.6) is 0 Å². The van der Waals surface area contributed by atoms with Crippen LogP contribution in [0.2, 0.25) is 0 Å². The van der Waals surface area contributed by atoms with Gasteiger partial charge in [-0.2, -0.15) is 15.0 Å². The van der Waals surface area contributed by atoms with Crippen molar-refractivity contribution in [2.24, 2.45) is 11.8 Å². The maximum Gasteiger partial charge on any atom is 0.236 e. The third-order valence-electron chi connectivity index (χ3n) is 5.13. The van der Waals surface area contributed by atoms with E-state index in [-0.39, 0.29) is 17.8 Å². The maximum atomic E-state index is 12.6. The first-order chi connectivity index (χ1) is 12.4. The number of carbonyl (C=O) groups is 1. The summed E-state index contributed by atoms with van der Waals surface area (Å²) >= 11 is 0. The number of amides is 1. The molecule has 0 aliphatic carbocycles. The molecule has 26 heavy (non-hydrogen) atoms. The van der Waals surface area contributed by atoms with Crippen molar-refractivity contribution in [3.05, 3.63) is 5.82 Å². The van der Waals surface area contributed by atoms with Gasteiger partial charge < -0.3 is 16.4 Å². The van der Waals surface area contributed by atoms with Crippen LogP contribution in [0, 0.1) is 11.8 Å². The van der Waals surface area contributed by atoms with Crippen molar-refractivity contribution in [1.82, 2.24) is 29.7 Å². The third-order valence-corrected chi connectivity index (χ3v) is 5.13. The lowest BCUT2D eigenvalue weighted by atomic mass is 9.92. The van der Waals surface area contributed by atoms with E-state index in [1.165, 1.54) is 6.42 Å². The Morgan fingerprint density at radius 1 is 0.962 bits per heavy atom. The number of piperidine rings is 1. The highest BCUT2D eigenvalue weighted by Crippen LogP contribution is 2.21. The molecule has 2 aliphatic heterocycles. The molecule has 9 nitrogen and oxygen atoms in total. The summed E-state index contributed by atoms with van der Waals surface area (Å²) < 4.78 is 0. The molecule has 3 heterocycles. The Labute approximate surface area is 154 Å².